The zero-order chi connectivity index (χ0) is 19.9. The van der Waals surface area contributed by atoms with Crippen LogP contribution in [0.5, 0.6) is 0 Å². The first-order chi connectivity index (χ1) is 13.5. The van der Waals surface area contributed by atoms with Gasteiger partial charge in [0.2, 0.25) is 0 Å². The van der Waals surface area contributed by atoms with E-state index in [9.17, 15) is 14.5 Å². The molecule has 0 saturated carbocycles. The Hall–Kier alpha value is -3.56. The molecule has 0 amide bonds. The van der Waals surface area contributed by atoms with Crippen molar-refractivity contribution in [2.45, 2.75) is 19.6 Å². The van der Waals surface area contributed by atoms with E-state index in [4.69, 9.17) is 5.26 Å². The van der Waals surface area contributed by atoms with Gasteiger partial charge in [0.1, 0.15) is 5.82 Å². The number of nitro groups is 1. The van der Waals surface area contributed by atoms with E-state index in [1.54, 1.807) is 36.4 Å². The topological polar surface area (TPSA) is 70.2 Å². The highest BCUT2D eigenvalue weighted by Gasteiger charge is 2.17. The fraction of sp³-hybridized carbons (Fsp3) is 0.136. The highest BCUT2D eigenvalue weighted by molar-refractivity contribution is 5.40. The third-order valence-corrected chi connectivity index (χ3v) is 4.37. The Morgan fingerprint density at radius 2 is 1.64 bits per heavy atom. The van der Waals surface area contributed by atoms with E-state index in [2.05, 4.69) is 6.07 Å². The number of nitro benzene ring substituents is 1. The van der Waals surface area contributed by atoms with E-state index >= 15 is 0 Å². The minimum absolute atomic E-state index is 0.0616. The molecule has 0 fully saturated rings. The number of hydrogen-bond acceptors (Lipinski definition) is 4. The van der Waals surface area contributed by atoms with Gasteiger partial charge in [-0.2, -0.15) is 5.26 Å². The van der Waals surface area contributed by atoms with Gasteiger partial charge >= 0.3 is 0 Å². The van der Waals surface area contributed by atoms with Crippen LogP contribution in [-0.2, 0) is 19.6 Å². The van der Waals surface area contributed by atoms with Crippen LogP contribution in [0.4, 0.5) is 10.1 Å². The van der Waals surface area contributed by atoms with Gasteiger partial charge in [0.15, 0.2) is 0 Å². The summed E-state index contributed by atoms with van der Waals surface area (Å²) in [4.78, 5) is 13.0. The molecule has 3 aromatic rings. The van der Waals surface area contributed by atoms with Gasteiger partial charge in [-0.3, -0.25) is 15.0 Å². The van der Waals surface area contributed by atoms with Crippen molar-refractivity contribution in [2.75, 3.05) is 0 Å². The fourth-order valence-corrected chi connectivity index (χ4v) is 3.07. The van der Waals surface area contributed by atoms with Gasteiger partial charge in [-0.1, -0.05) is 42.5 Å². The summed E-state index contributed by atoms with van der Waals surface area (Å²) < 4.78 is 13.6. The molecule has 0 saturated heterocycles. The zero-order valence-electron chi connectivity index (χ0n) is 15.1. The van der Waals surface area contributed by atoms with Crippen LogP contribution in [0.25, 0.3) is 0 Å². The Morgan fingerprint density at radius 1 is 0.929 bits per heavy atom. The highest BCUT2D eigenvalue weighted by Crippen LogP contribution is 2.22. The molecule has 0 aliphatic heterocycles. The molecule has 6 heteroatoms. The lowest BCUT2D eigenvalue weighted by Gasteiger charge is -2.23. The van der Waals surface area contributed by atoms with Gasteiger partial charge in [0, 0.05) is 31.3 Å². The summed E-state index contributed by atoms with van der Waals surface area (Å²) in [6.45, 7) is 1.28. The summed E-state index contributed by atoms with van der Waals surface area (Å²) in [5.74, 6) is -0.318. The maximum Gasteiger partial charge on any atom is 0.273 e. The van der Waals surface area contributed by atoms with Gasteiger partial charge in [-0.05, 0) is 35.4 Å². The van der Waals surface area contributed by atoms with Gasteiger partial charge in [-0.25, -0.2) is 4.39 Å². The van der Waals surface area contributed by atoms with Crippen LogP contribution < -0.4 is 0 Å². The summed E-state index contributed by atoms with van der Waals surface area (Å²) in [5, 5.41) is 20.3. The number of para-hydroxylation sites is 1. The monoisotopic (exact) mass is 375 g/mol. The van der Waals surface area contributed by atoms with Gasteiger partial charge in [0.05, 0.1) is 16.6 Å². The van der Waals surface area contributed by atoms with E-state index in [1.807, 2.05) is 23.1 Å². The van der Waals surface area contributed by atoms with Crippen molar-refractivity contribution in [2.24, 2.45) is 0 Å². The molecule has 0 atom stereocenters. The number of hydrogen-bond donors (Lipinski definition) is 0. The number of halogens is 1. The number of nitrogens with zero attached hydrogens (tertiary/aromatic N) is 3. The summed E-state index contributed by atoms with van der Waals surface area (Å²) in [6, 6.07) is 22.2. The van der Waals surface area contributed by atoms with Crippen molar-refractivity contribution in [3.05, 3.63) is 111 Å². The molecule has 0 aromatic heterocycles. The SMILES string of the molecule is N#Cc1ccc(CN(Cc2cccc(F)c2)Cc2ccccc2[N+](=O)[O-])cc1. The average Bonchev–Trinajstić information content (AvgIpc) is 2.69. The van der Waals surface area contributed by atoms with Crippen LogP contribution in [0.15, 0.2) is 72.8 Å². The molecule has 3 rings (SSSR count). The number of benzene rings is 3. The molecule has 0 unspecified atom stereocenters. The average molecular weight is 375 g/mol. The molecule has 0 aliphatic rings. The molecule has 0 spiro atoms. The van der Waals surface area contributed by atoms with Crippen LogP contribution >= 0.6 is 0 Å². The second kappa shape index (κ2) is 8.89. The van der Waals surface area contributed by atoms with Gasteiger partial charge in [0.25, 0.3) is 5.69 Å². The first kappa shape index (κ1) is 19.2. The minimum atomic E-state index is -0.391. The molecule has 0 radical (unpaired) electrons. The molecule has 140 valence electrons. The second-order valence-electron chi connectivity index (χ2n) is 6.47. The van der Waals surface area contributed by atoms with Crippen LogP contribution in [0.3, 0.4) is 0 Å². The standard InChI is InChI=1S/C22H18FN3O2/c23-21-6-3-4-19(12-21)15-25(14-18-10-8-17(13-24)9-11-18)16-20-5-1-2-7-22(20)26(27)28/h1-12H,14-16H2. The third kappa shape index (κ3) is 5.00. The van der Waals surface area contributed by atoms with Crippen LogP contribution in [0.2, 0.25) is 0 Å². The first-order valence-corrected chi connectivity index (χ1v) is 8.73. The highest BCUT2D eigenvalue weighted by atomic mass is 19.1. The first-order valence-electron chi connectivity index (χ1n) is 8.73. The molecular weight excluding hydrogens is 357 g/mol. The summed E-state index contributed by atoms with van der Waals surface area (Å²) in [5.41, 5.74) is 2.98. The Labute approximate surface area is 162 Å². The Morgan fingerprint density at radius 3 is 2.32 bits per heavy atom. The molecule has 0 N–H and O–H groups in total. The maximum atomic E-state index is 13.6. The molecule has 0 bridgehead atoms. The summed E-state index contributed by atoms with van der Waals surface area (Å²) in [6.07, 6.45) is 0. The molecular formula is C22H18FN3O2. The maximum absolute atomic E-state index is 13.6. The van der Waals surface area contributed by atoms with E-state index in [-0.39, 0.29) is 11.5 Å². The van der Waals surface area contributed by atoms with Crippen molar-refractivity contribution >= 4 is 5.69 Å². The van der Waals surface area contributed by atoms with Crippen molar-refractivity contribution in [3.63, 3.8) is 0 Å². The molecule has 5 nitrogen and oxygen atoms in total. The minimum Gasteiger partial charge on any atom is -0.290 e. The second-order valence-corrected chi connectivity index (χ2v) is 6.47. The lowest BCUT2D eigenvalue weighted by molar-refractivity contribution is -0.385. The number of nitriles is 1. The van der Waals surface area contributed by atoms with Crippen LogP contribution in [0.1, 0.15) is 22.3 Å². The van der Waals surface area contributed by atoms with E-state index in [0.29, 0.717) is 30.8 Å². The van der Waals surface area contributed by atoms with E-state index < -0.39 is 4.92 Å². The predicted octanol–water partition coefficient (Wildman–Crippen LogP) is 4.81. The van der Waals surface area contributed by atoms with E-state index in [0.717, 1.165) is 11.1 Å². The molecule has 3 aromatic carbocycles. The largest absolute Gasteiger partial charge is 0.290 e. The Kier molecular flexibility index (Phi) is 6.10. The van der Waals surface area contributed by atoms with Crippen LogP contribution in [-0.4, -0.2) is 9.82 Å². The quantitative estimate of drug-likeness (QED) is 0.439. The van der Waals surface area contributed by atoms with Gasteiger partial charge in [-0.15, -0.1) is 0 Å². The van der Waals surface area contributed by atoms with Gasteiger partial charge < -0.3 is 0 Å². The number of rotatable bonds is 7. The summed E-state index contributed by atoms with van der Waals surface area (Å²) >= 11 is 0. The van der Waals surface area contributed by atoms with Crippen LogP contribution in [0, 0.1) is 27.3 Å². The molecule has 28 heavy (non-hydrogen) atoms. The zero-order valence-corrected chi connectivity index (χ0v) is 15.1. The molecule has 0 aliphatic carbocycles. The normalized spacial score (nSPS) is 10.6. The van der Waals surface area contributed by atoms with Crippen molar-refractivity contribution in [3.8, 4) is 6.07 Å². The predicted molar refractivity (Wildman–Crippen MR) is 104 cm³/mol. The van der Waals surface area contributed by atoms with Crippen molar-refractivity contribution in [1.29, 1.82) is 5.26 Å². The van der Waals surface area contributed by atoms with Crippen molar-refractivity contribution < 1.29 is 9.31 Å². The fourth-order valence-electron chi connectivity index (χ4n) is 3.07. The van der Waals surface area contributed by atoms with Crippen molar-refractivity contribution in [1.82, 2.24) is 4.90 Å². The van der Waals surface area contributed by atoms with E-state index in [1.165, 1.54) is 18.2 Å². The Balaban J connectivity index is 1.87. The smallest absolute Gasteiger partial charge is 0.273 e. The Bertz CT molecular complexity index is 1010. The summed E-state index contributed by atoms with van der Waals surface area (Å²) in [7, 11) is 0. The lowest BCUT2D eigenvalue weighted by Crippen LogP contribution is -2.23. The lowest BCUT2D eigenvalue weighted by atomic mass is 10.1. The molecule has 0 heterocycles. The third-order valence-electron chi connectivity index (χ3n) is 4.37.